The maximum Gasteiger partial charge on any atom is 0.251 e. The van der Waals surface area contributed by atoms with Gasteiger partial charge in [-0.1, -0.05) is 39.0 Å². The number of rotatable bonds is 14. The van der Waals surface area contributed by atoms with Gasteiger partial charge in [-0.2, -0.15) is 5.10 Å². The van der Waals surface area contributed by atoms with Gasteiger partial charge < -0.3 is 30.7 Å². The molecule has 10 heteroatoms. The first-order chi connectivity index (χ1) is 22.6. The Kier molecular flexibility index (Phi) is 11.2. The molecule has 0 saturated carbocycles. The van der Waals surface area contributed by atoms with Gasteiger partial charge in [-0.15, -0.1) is 0 Å². The van der Waals surface area contributed by atoms with Gasteiger partial charge in [0.1, 0.15) is 5.75 Å². The smallest absolute Gasteiger partial charge is 0.251 e. The molecule has 5 N–H and O–H groups in total. The highest BCUT2D eigenvalue weighted by Gasteiger charge is 2.24. The highest BCUT2D eigenvalue weighted by molar-refractivity contribution is 5.95. The molecule has 0 bridgehead atoms. The normalized spacial score (nSPS) is 14.8. The first-order valence-corrected chi connectivity index (χ1v) is 16.8. The average Bonchev–Trinajstić information content (AvgIpc) is 3.50. The molecule has 1 saturated heterocycles. The highest BCUT2D eigenvalue weighted by atomic mass is 16.5. The van der Waals surface area contributed by atoms with E-state index in [1.165, 1.54) is 6.07 Å². The summed E-state index contributed by atoms with van der Waals surface area (Å²) in [6.07, 6.45) is 5.74. The molecule has 3 heterocycles. The molecule has 1 atom stereocenters. The van der Waals surface area contributed by atoms with Crippen molar-refractivity contribution < 1.29 is 24.9 Å². The Hall–Kier alpha value is -3.99. The van der Waals surface area contributed by atoms with E-state index in [4.69, 9.17) is 9.72 Å². The summed E-state index contributed by atoms with van der Waals surface area (Å²) >= 11 is 0. The SMILES string of the molecule is CCc1nc2c(cnn2CC)c(NC2CCOCC2)c1CNC(=O)c1cccc(CC(C)(C)CC[C@H](O)c2ccc(O)c(CO)c2)c1. The number of carbonyl (C=O) groups is 1. The standard InChI is InChI=1S/C37H49N5O5/c1-5-31-29(34(40-28-13-16-47-17-14-28)30-22-39-42(6-2)35(30)41-31)21-38-36(46)26-9-7-8-24(18-26)20-37(3,4)15-12-33(45)25-10-11-32(44)27(19-25)23-43/h7-11,18-19,22,28,33,43-45H,5-6,12-17,20-21,23H2,1-4H3,(H,38,46)(H,40,41)/t33-/m0/s1. The third-order valence-electron chi connectivity index (χ3n) is 9.23. The number of aryl methyl sites for hydroxylation is 2. The summed E-state index contributed by atoms with van der Waals surface area (Å²) in [5.41, 5.74) is 6.37. The molecule has 2 aromatic heterocycles. The molecule has 1 amide bonds. The fourth-order valence-corrected chi connectivity index (χ4v) is 6.47. The lowest BCUT2D eigenvalue weighted by Crippen LogP contribution is -2.30. The van der Waals surface area contributed by atoms with Crippen LogP contribution in [0.15, 0.2) is 48.7 Å². The molecule has 0 spiro atoms. The molecule has 47 heavy (non-hydrogen) atoms. The number of ether oxygens (including phenoxy) is 1. The Balaban J connectivity index is 1.27. The fraction of sp³-hybridized carbons (Fsp3) is 0.486. The van der Waals surface area contributed by atoms with E-state index in [-0.39, 0.29) is 29.7 Å². The Morgan fingerprint density at radius 1 is 1.15 bits per heavy atom. The Morgan fingerprint density at radius 3 is 2.66 bits per heavy atom. The molecule has 0 aliphatic carbocycles. The van der Waals surface area contributed by atoms with Crippen molar-refractivity contribution in [3.8, 4) is 5.75 Å². The predicted molar refractivity (Wildman–Crippen MR) is 183 cm³/mol. The number of nitrogens with one attached hydrogen (secondary N) is 2. The average molecular weight is 644 g/mol. The van der Waals surface area contributed by atoms with Crippen LogP contribution in [0.5, 0.6) is 5.75 Å². The summed E-state index contributed by atoms with van der Waals surface area (Å²) in [7, 11) is 0. The van der Waals surface area contributed by atoms with Crippen molar-refractivity contribution in [2.45, 2.75) is 98.1 Å². The Morgan fingerprint density at radius 2 is 1.94 bits per heavy atom. The number of carbonyl (C=O) groups excluding carboxylic acids is 1. The van der Waals surface area contributed by atoms with Gasteiger partial charge in [0.25, 0.3) is 5.91 Å². The minimum atomic E-state index is -0.707. The Labute approximate surface area is 277 Å². The molecule has 252 valence electrons. The van der Waals surface area contributed by atoms with Gasteiger partial charge in [-0.05, 0) is 86.3 Å². The van der Waals surface area contributed by atoms with E-state index >= 15 is 0 Å². The number of aliphatic hydroxyl groups excluding tert-OH is 2. The van der Waals surface area contributed by atoms with E-state index in [0.717, 1.165) is 85.4 Å². The van der Waals surface area contributed by atoms with Crippen LogP contribution in [0.1, 0.15) is 97.8 Å². The summed E-state index contributed by atoms with van der Waals surface area (Å²) < 4.78 is 7.51. The molecular formula is C37H49N5O5. The number of aliphatic hydroxyl groups is 2. The predicted octanol–water partition coefficient (Wildman–Crippen LogP) is 5.81. The quantitative estimate of drug-likeness (QED) is 0.116. The first kappa shape index (κ1) is 34.3. The van der Waals surface area contributed by atoms with Gasteiger partial charge in [-0.25, -0.2) is 9.67 Å². The second-order valence-corrected chi connectivity index (χ2v) is 13.3. The number of benzene rings is 2. The lowest BCUT2D eigenvalue weighted by molar-refractivity contribution is 0.0904. The summed E-state index contributed by atoms with van der Waals surface area (Å²) in [5.74, 6) is -0.122. The number of pyridine rings is 1. The van der Waals surface area contributed by atoms with Crippen LogP contribution < -0.4 is 10.6 Å². The molecule has 1 fully saturated rings. The highest BCUT2D eigenvalue weighted by Crippen LogP contribution is 2.34. The third-order valence-corrected chi connectivity index (χ3v) is 9.23. The second kappa shape index (κ2) is 15.3. The summed E-state index contributed by atoms with van der Waals surface area (Å²) in [5, 5.41) is 42.6. The van der Waals surface area contributed by atoms with Crippen molar-refractivity contribution in [2.24, 2.45) is 5.41 Å². The van der Waals surface area contributed by atoms with Crippen LogP contribution in [0.25, 0.3) is 11.0 Å². The number of hydrogen-bond acceptors (Lipinski definition) is 8. The summed E-state index contributed by atoms with van der Waals surface area (Å²) in [4.78, 5) is 18.5. The molecule has 0 radical (unpaired) electrons. The zero-order valence-corrected chi connectivity index (χ0v) is 28.1. The number of anilines is 1. The number of nitrogens with zero attached hydrogens (tertiary/aromatic N) is 3. The minimum Gasteiger partial charge on any atom is -0.508 e. The van der Waals surface area contributed by atoms with E-state index in [0.29, 0.717) is 29.7 Å². The van der Waals surface area contributed by atoms with Crippen molar-refractivity contribution in [1.82, 2.24) is 20.1 Å². The lowest BCUT2D eigenvalue weighted by Gasteiger charge is -2.27. The van der Waals surface area contributed by atoms with Crippen LogP contribution in [-0.2, 0) is 37.3 Å². The number of aromatic hydroxyl groups is 1. The largest absolute Gasteiger partial charge is 0.508 e. The van der Waals surface area contributed by atoms with E-state index in [1.54, 1.807) is 12.1 Å². The zero-order chi connectivity index (χ0) is 33.6. The van der Waals surface area contributed by atoms with E-state index in [1.807, 2.05) is 35.1 Å². The van der Waals surface area contributed by atoms with Crippen molar-refractivity contribution in [1.29, 1.82) is 0 Å². The molecule has 0 unspecified atom stereocenters. The number of amides is 1. The molecule has 2 aromatic carbocycles. The van der Waals surface area contributed by atoms with Gasteiger partial charge in [-0.3, -0.25) is 4.79 Å². The van der Waals surface area contributed by atoms with Crippen molar-refractivity contribution in [3.05, 3.63) is 82.2 Å². The fourth-order valence-electron chi connectivity index (χ4n) is 6.47. The number of hydrogen-bond donors (Lipinski definition) is 5. The lowest BCUT2D eigenvalue weighted by atomic mass is 9.80. The van der Waals surface area contributed by atoms with Crippen LogP contribution in [0, 0.1) is 5.41 Å². The van der Waals surface area contributed by atoms with E-state index < -0.39 is 6.10 Å². The van der Waals surface area contributed by atoms with E-state index in [9.17, 15) is 20.1 Å². The molecule has 4 aromatic rings. The van der Waals surface area contributed by atoms with Crippen molar-refractivity contribution in [2.75, 3.05) is 18.5 Å². The molecule has 5 rings (SSSR count). The number of aromatic nitrogens is 3. The van der Waals surface area contributed by atoms with E-state index in [2.05, 4.69) is 43.4 Å². The van der Waals surface area contributed by atoms with Crippen LogP contribution in [0.4, 0.5) is 5.69 Å². The molecule has 10 nitrogen and oxygen atoms in total. The van der Waals surface area contributed by atoms with Crippen molar-refractivity contribution >= 4 is 22.6 Å². The van der Waals surface area contributed by atoms with Crippen molar-refractivity contribution in [3.63, 3.8) is 0 Å². The number of phenols is 1. The van der Waals surface area contributed by atoms with Crippen LogP contribution in [0.2, 0.25) is 0 Å². The minimum absolute atomic E-state index is 0.0207. The van der Waals surface area contributed by atoms with Gasteiger partial charge >= 0.3 is 0 Å². The van der Waals surface area contributed by atoms with Gasteiger partial charge in [0, 0.05) is 54.7 Å². The van der Waals surface area contributed by atoms with Gasteiger partial charge in [0.2, 0.25) is 0 Å². The zero-order valence-electron chi connectivity index (χ0n) is 28.1. The van der Waals surface area contributed by atoms with Crippen LogP contribution >= 0.6 is 0 Å². The summed E-state index contributed by atoms with van der Waals surface area (Å²) in [6, 6.07) is 12.9. The molecule has 1 aliphatic rings. The van der Waals surface area contributed by atoms with Crippen LogP contribution in [0.3, 0.4) is 0 Å². The maximum absolute atomic E-state index is 13.5. The Bertz CT molecular complexity index is 1680. The number of fused-ring (bicyclic) bond motifs is 1. The molecule has 1 aliphatic heterocycles. The molecular weight excluding hydrogens is 594 g/mol. The monoisotopic (exact) mass is 643 g/mol. The maximum atomic E-state index is 13.5. The van der Waals surface area contributed by atoms with Gasteiger partial charge in [0.05, 0.1) is 30.0 Å². The first-order valence-electron chi connectivity index (χ1n) is 16.8. The van der Waals surface area contributed by atoms with Gasteiger partial charge in [0.15, 0.2) is 5.65 Å². The summed E-state index contributed by atoms with van der Waals surface area (Å²) in [6.45, 7) is 10.7. The van der Waals surface area contributed by atoms with Crippen LogP contribution in [-0.4, -0.2) is 55.2 Å². The third kappa shape index (κ3) is 8.30. The topological polar surface area (TPSA) is 142 Å². The second-order valence-electron chi connectivity index (χ2n) is 13.3.